The molecular weight excluding hydrogens is 290 g/mol. The van der Waals surface area contributed by atoms with E-state index >= 15 is 0 Å². The number of fused-ring (bicyclic) bond motifs is 1. The molecule has 0 aromatic heterocycles. The van der Waals surface area contributed by atoms with Crippen LogP contribution in [0.2, 0.25) is 0 Å². The van der Waals surface area contributed by atoms with Crippen LogP contribution in [0, 0.1) is 11.3 Å². The molecule has 0 radical (unpaired) electrons. The third-order valence-electron chi connectivity index (χ3n) is 6.12. The molecule has 2 aliphatic carbocycles. The predicted molar refractivity (Wildman–Crippen MR) is 86.2 cm³/mol. The van der Waals surface area contributed by atoms with Gasteiger partial charge in [-0.1, -0.05) is 18.2 Å². The highest BCUT2D eigenvalue weighted by Crippen LogP contribution is 2.59. The molecule has 1 amide bonds. The summed E-state index contributed by atoms with van der Waals surface area (Å²) in [6.45, 7) is 1.43. The monoisotopic (exact) mass is 313 g/mol. The lowest BCUT2D eigenvalue weighted by molar-refractivity contribution is -0.139. The first kappa shape index (κ1) is 14.7. The Morgan fingerprint density at radius 1 is 1.17 bits per heavy atom. The Morgan fingerprint density at radius 2 is 1.91 bits per heavy atom. The maximum absolute atomic E-state index is 12.5. The highest BCUT2D eigenvalue weighted by atomic mass is 16.4. The zero-order valence-electron chi connectivity index (χ0n) is 13.4. The van der Waals surface area contributed by atoms with Crippen LogP contribution in [-0.4, -0.2) is 35.0 Å². The first-order chi connectivity index (χ1) is 11.1. The number of benzene rings is 1. The Kier molecular flexibility index (Phi) is 3.43. The smallest absolute Gasteiger partial charge is 0.307 e. The molecule has 1 heterocycles. The lowest BCUT2D eigenvalue weighted by atomic mass is 9.90. The molecule has 1 atom stereocenters. The number of aryl methyl sites for hydroxylation is 2. The van der Waals surface area contributed by atoms with E-state index in [9.17, 15) is 9.59 Å². The number of hydrogen-bond acceptors (Lipinski definition) is 2. The van der Waals surface area contributed by atoms with E-state index < -0.39 is 5.97 Å². The number of amides is 1. The molecule has 122 valence electrons. The fourth-order valence-electron chi connectivity index (χ4n) is 4.47. The predicted octanol–water partition coefficient (Wildman–Crippen LogP) is 2.43. The second-order valence-electron chi connectivity index (χ2n) is 7.47. The van der Waals surface area contributed by atoms with Crippen LogP contribution in [0.4, 0.5) is 0 Å². The van der Waals surface area contributed by atoms with Gasteiger partial charge in [0.25, 0.3) is 0 Å². The quantitative estimate of drug-likeness (QED) is 0.932. The minimum Gasteiger partial charge on any atom is -0.481 e. The molecule has 1 saturated heterocycles. The summed E-state index contributed by atoms with van der Waals surface area (Å²) in [4.78, 5) is 25.6. The van der Waals surface area contributed by atoms with E-state index in [0.717, 1.165) is 31.2 Å². The Balaban J connectivity index is 1.35. The number of likely N-dealkylation sites (tertiary alicyclic amines) is 1. The van der Waals surface area contributed by atoms with Gasteiger partial charge < -0.3 is 10.0 Å². The highest BCUT2D eigenvalue weighted by Gasteiger charge is 2.59. The van der Waals surface area contributed by atoms with Crippen LogP contribution < -0.4 is 0 Å². The molecule has 4 nitrogen and oxygen atoms in total. The van der Waals surface area contributed by atoms with Crippen molar-refractivity contribution in [2.24, 2.45) is 11.3 Å². The van der Waals surface area contributed by atoms with Gasteiger partial charge in [-0.05, 0) is 60.6 Å². The number of piperidine rings is 1. The molecule has 4 rings (SSSR count). The lowest BCUT2D eigenvalue weighted by Crippen LogP contribution is -2.40. The van der Waals surface area contributed by atoms with Crippen molar-refractivity contribution >= 4 is 11.9 Å². The number of rotatable bonds is 3. The van der Waals surface area contributed by atoms with Crippen molar-refractivity contribution in [2.75, 3.05) is 13.1 Å². The topological polar surface area (TPSA) is 57.6 Å². The van der Waals surface area contributed by atoms with Gasteiger partial charge in [-0.25, -0.2) is 0 Å². The van der Waals surface area contributed by atoms with Gasteiger partial charge in [0, 0.05) is 13.1 Å². The van der Waals surface area contributed by atoms with E-state index in [-0.39, 0.29) is 17.2 Å². The molecular formula is C19H23NO3. The summed E-state index contributed by atoms with van der Waals surface area (Å²) < 4.78 is 0. The molecule has 1 unspecified atom stereocenters. The molecule has 4 heteroatoms. The van der Waals surface area contributed by atoms with Crippen LogP contribution in [0.1, 0.15) is 42.4 Å². The number of carboxylic acids is 1. The SMILES string of the molecule is O=C(O)C1CC12CCN(C(=O)Cc1ccc3c(c1)CCC3)CC2. The summed E-state index contributed by atoms with van der Waals surface area (Å²) >= 11 is 0. The second kappa shape index (κ2) is 5.36. The van der Waals surface area contributed by atoms with E-state index in [1.807, 2.05) is 4.90 Å². The van der Waals surface area contributed by atoms with Gasteiger partial charge in [0.1, 0.15) is 0 Å². The number of carbonyl (C=O) groups excluding carboxylic acids is 1. The van der Waals surface area contributed by atoms with Gasteiger partial charge in [-0.15, -0.1) is 0 Å². The van der Waals surface area contributed by atoms with Crippen molar-refractivity contribution in [3.05, 3.63) is 34.9 Å². The standard InChI is InChI=1S/C19H23NO3/c21-17(11-13-4-5-14-2-1-3-15(14)10-13)20-8-6-19(7-9-20)12-16(19)18(22)23/h4-5,10,16H,1-3,6-9,11-12H2,(H,22,23). The van der Waals surface area contributed by atoms with Crippen LogP contribution in [0.5, 0.6) is 0 Å². The molecule has 1 aromatic rings. The molecule has 1 N–H and O–H groups in total. The van der Waals surface area contributed by atoms with Crippen molar-refractivity contribution in [3.63, 3.8) is 0 Å². The number of nitrogens with zero attached hydrogens (tertiary/aromatic N) is 1. The van der Waals surface area contributed by atoms with Crippen LogP contribution in [0.3, 0.4) is 0 Å². The maximum Gasteiger partial charge on any atom is 0.307 e. The van der Waals surface area contributed by atoms with E-state index in [2.05, 4.69) is 18.2 Å². The number of carbonyl (C=O) groups is 2. The zero-order valence-corrected chi connectivity index (χ0v) is 13.4. The Morgan fingerprint density at radius 3 is 2.61 bits per heavy atom. The van der Waals surface area contributed by atoms with Crippen molar-refractivity contribution in [1.29, 1.82) is 0 Å². The summed E-state index contributed by atoms with van der Waals surface area (Å²) in [7, 11) is 0. The summed E-state index contributed by atoms with van der Waals surface area (Å²) in [5.74, 6) is -0.648. The average Bonchev–Trinajstić information content (AvgIpc) is 3.04. The normalized spacial score (nSPS) is 24.5. The van der Waals surface area contributed by atoms with E-state index in [1.54, 1.807) is 0 Å². The van der Waals surface area contributed by atoms with E-state index in [4.69, 9.17) is 5.11 Å². The van der Waals surface area contributed by atoms with Crippen molar-refractivity contribution in [2.45, 2.75) is 44.9 Å². The Bertz CT molecular complexity index is 659. The van der Waals surface area contributed by atoms with E-state index in [0.29, 0.717) is 19.5 Å². The van der Waals surface area contributed by atoms with Gasteiger partial charge in [0.15, 0.2) is 0 Å². The van der Waals surface area contributed by atoms with Gasteiger partial charge in [-0.2, -0.15) is 0 Å². The van der Waals surface area contributed by atoms with Gasteiger partial charge in [-0.3, -0.25) is 9.59 Å². The van der Waals surface area contributed by atoms with Gasteiger partial charge in [0.2, 0.25) is 5.91 Å². The van der Waals surface area contributed by atoms with Crippen LogP contribution >= 0.6 is 0 Å². The van der Waals surface area contributed by atoms with Gasteiger partial charge in [0.05, 0.1) is 12.3 Å². The van der Waals surface area contributed by atoms with Crippen LogP contribution in [0.15, 0.2) is 18.2 Å². The average molecular weight is 313 g/mol. The molecule has 1 saturated carbocycles. The van der Waals surface area contributed by atoms with Crippen molar-refractivity contribution < 1.29 is 14.7 Å². The molecule has 1 spiro atoms. The van der Waals surface area contributed by atoms with Crippen molar-refractivity contribution in [1.82, 2.24) is 4.90 Å². The summed E-state index contributed by atoms with van der Waals surface area (Å²) in [5.41, 5.74) is 3.96. The fourth-order valence-corrected chi connectivity index (χ4v) is 4.47. The molecule has 0 bridgehead atoms. The summed E-state index contributed by atoms with van der Waals surface area (Å²) in [5, 5.41) is 9.14. The van der Waals surface area contributed by atoms with Gasteiger partial charge >= 0.3 is 5.97 Å². The second-order valence-corrected chi connectivity index (χ2v) is 7.47. The van der Waals surface area contributed by atoms with Crippen molar-refractivity contribution in [3.8, 4) is 0 Å². The van der Waals surface area contributed by atoms with Crippen LogP contribution in [-0.2, 0) is 28.9 Å². The first-order valence-corrected chi connectivity index (χ1v) is 8.69. The first-order valence-electron chi connectivity index (χ1n) is 8.69. The molecule has 3 aliphatic rings. The van der Waals surface area contributed by atoms with E-state index in [1.165, 1.54) is 24.0 Å². The molecule has 1 aliphatic heterocycles. The fraction of sp³-hybridized carbons (Fsp3) is 0.579. The lowest BCUT2D eigenvalue weighted by Gasteiger charge is -2.32. The summed E-state index contributed by atoms with van der Waals surface area (Å²) in [6.07, 6.45) is 6.51. The molecule has 23 heavy (non-hydrogen) atoms. The van der Waals surface area contributed by atoms with Crippen LogP contribution in [0.25, 0.3) is 0 Å². The Hall–Kier alpha value is -1.84. The number of aliphatic carboxylic acids is 1. The minimum atomic E-state index is -0.664. The maximum atomic E-state index is 12.5. The molecule has 1 aromatic carbocycles. The third kappa shape index (κ3) is 2.64. The third-order valence-corrected chi connectivity index (χ3v) is 6.12. The minimum absolute atomic E-state index is 0.00379. The zero-order chi connectivity index (χ0) is 16.0. The number of hydrogen-bond donors (Lipinski definition) is 1. The molecule has 2 fully saturated rings. The largest absolute Gasteiger partial charge is 0.481 e. The summed E-state index contributed by atoms with van der Waals surface area (Å²) in [6, 6.07) is 6.47. The Labute approximate surface area is 136 Å². The number of carboxylic acid groups (broad SMARTS) is 1. The highest BCUT2D eigenvalue weighted by molar-refractivity contribution is 5.79.